The van der Waals surface area contributed by atoms with E-state index >= 15 is 0 Å². The van der Waals surface area contributed by atoms with Crippen molar-refractivity contribution in [2.45, 2.75) is 18.6 Å². The van der Waals surface area contributed by atoms with E-state index in [4.69, 9.17) is 11.6 Å². The number of aromatic nitrogens is 2. The van der Waals surface area contributed by atoms with Gasteiger partial charge in [-0.25, -0.2) is 4.68 Å². The Kier molecular flexibility index (Phi) is 4.54. The lowest BCUT2D eigenvalue weighted by Crippen LogP contribution is -2.40. The minimum atomic E-state index is -0.545. The highest BCUT2D eigenvalue weighted by molar-refractivity contribution is 7.99. The minimum absolute atomic E-state index is 0.545. The fraction of sp³-hybridized carbons (Fsp3) is 0.400. The molecule has 2 N–H and O–H groups in total. The molecule has 1 aromatic carbocycles. The van der Waals surface area contributed by atoms with E-state index in [0.717, 1.165) is 34.2 Å². The molecule has 0 aliphatic carbocycles. The van der Waals surface area contributed by atoms with Crippen LogP contribution in [0.4, 0.5) is 0 Å². The molecule has 1 aliphatic rings. The van der Waals surface area contributed by atoms with Crippen molar-refractivity contribution in [1.82, 2.24) is 15.1 Å². The Hall–Kier alpha value is -1.01. The number of hydrogen-bond donors (Lipinski definition) is 2. The maximum Gasteiger partial charge on any atom is 0.0869 e. The Bertz CT molecular complexity index is 593. The fourth-order valence-electron chi connectivity index (χ4n) is 2.36. The van der Waals surface area contributed by atoms with Crippen molar-refractivity contribution >= 4 is 23.4 Å². The van der Waals surface area contributed by atoms with Crippen LogP contribution in [-0.2, 0) is 6.54 Å². The molecular formula is C15H18ClN3OS. The molecule has 2 aromatic rings. The SMILES string of the molecule is OC1(CNCc2cnn(-c3ccc(Cl)cc3)c2)CCSC1. The highest BCUT2D eigenvalue weighted by atomic mass is 35.5. The lowest BCUT2D eigenvalue weighted by molar-refractivity contribution is 0.0675. The van der Waals surface area contributed by atoms with E-state index in [1.807, 2.05) is 53.1 Å². The third-order valence-electron chi connectivity index (χ3n) is 3.59. The molecule has 21 heavy (non-hydrogen) atoms. The standard InChI is InChI=1S/C15H18ClN3OS/c16-13-1-3-14(4-2-13)19-9-12(8-18-19)7-17-10-15(20)5-6-21-11-15/h1-4,8-9,17,20H,5-7,10-11H2. The number of nitrogens with one attached hydrogen (secondary N) is 1. The minimum Gasteiger partial charge on any atom is -0.388 e. The zero-order valence-corrected chi connectivity index (χ0v) is 13.2. The number of hydrogen-bond acceptors (Lipinski definition) is 4. The molecule has 0 saturated carbocycles. The smallest absolute Gasteiger partial charge is 0.0869 e. The lowest BCUT2D eigenvalue weighted by atomic mass is 10.0. The van der Waals surface area contributed by atoms with Crippen LogP contribution in [-0.4, -0.2) is 38.5 Å². The summed E-state index contributed by atoms with van der Waals surface area (Å²) in [7, 11) is 0. The number of aliphatic hydroxyl groups is 1. The van der Waals surface area contributed by atoms with Crippen LogP contribution in [0.2, 0.25) is 5.02 Å². The van der Waals surface area contributed by atoms with Crippen molar-refractivity contribution in [2.24, 2.45) is 0 Å². The summed E-state index contributed by atoms with van der Waals surface area (Å²) in [5.41, 5.74) is 1.53. The Morgan fingerprint density at radius 1 is 1.38 bits per heavy atom. The predicted octanol–water partition coefficient (Wildman–Crippen LogP) is 2.48. The maximum atomic E-state index is 10.3. The average Bonchev–Trinajstić information content (AvgIpc) is 3.10. The summed E-state index contributed by atoms with van der Waals surface area (Å²) in [6, 6.07) is 7.57. The molecule has 4 nitrogen and oxygen atoms in total. The molecular weight excluding hydrogens is 306 g/mol. The van der Waals surface area contributed by atoms with Crippen LogP contribution in [0.25, 0.3) is 5.69 Å². The first-order valence-electron chi connectivity index (χ1n) is 6.95. The number of nitrogens with zero attached hydrogens (tertiary/aromatic N) is 2. The Morgan fingerprint density at radius 3 is 2.90 bits per heavy atom. The molecule has 112 valence electrons. The molecule has 1 aromatic heterocycles. The lowest BCUT2D eigenvalue weighted by Gasteiger charge is -2.21. The van der Waals surface area contributed by atoms with Gasteiger partial charge in [0.05, 0.1) is 17.5 Å². The van der Waals surface area contributed by atoms with Crippen LogP contribution in [0.3, 0.4) is 0 Å². The first-order chi connectivity index (χ1) is 10.1. The summed E-state index contributed by atoms with van der Waals surface area (Å²) in [4.78, 5) is 0. The molecule has 1 atom stereocenters. The summed E-state index contributed by atoms with van der Waals surface area (Å²) in [6.07, 6.45) is 4.70. The van der Waals surface area contributed by atoms with E-state index in [1.54, 1.807) is 0 Å². The zero-order valence-electron chi connectivity index (χ0n) is 11.6. The van der Waals surface area contributed by atoms with Crippen LogP contribution < -0.4 is 5.32 Å². The Morgan fingerprint density at radius 2 is 2.19 bits per heavy atom. The van der Waals surface area contributed by atoms with E-state index in [1.165, 1.54) is 0 Å². The van der Waals surface area contributed by atoms with E-state index in [2.05, 4.69) is 10.4 Å². The first kappa shape index (κ1) is 14.9. The van der Waals surface area contributed by atoms with E-state index < -0.39 is 5.60 Å². The Balaban J connectivity index is 1.56. The van der Waals surface area contributed by atoms with Gasteiger partial charge in [0.25, 0.3) is 0 Å². The molecule has 0 spiro atoms. The quantitative estimate of drug-likeness (QED) is 0.887. The Labute approximate surface area is 133 Å². The van der Waals surface area contributed by atoms with Gasteiger partial charge in [-0.1, -0.05) is 11.6 Å². The number of halogens is 1. The van der Waals surface area contributed by atoms with Gasteiger partial charge < -0.3 is 10.4 Å². The molecule has 0 radical (unpaired) electrons. The molecule has 6 heteroatoms. The maximum absolute atomic E-state index is 10.3. The topological polar surface area (TPSA) is 50.1 Å². The highest BCUT2D eigenvalue weighted by Gasteiger charge is 2.30. The monoisotopic (exact) mass is 323 g/mol. The second kappa shape index (κ2) is 6.40. The van der Waals surface area contributed by atoms with E-state index in [9.17, 15) is 5.11 Å². The third kappa shape index (κ3) is 3.80. The average molecular weight is 324 g/mol. The third-order valence-corrected chi connectivity index (χ3v) is 5.08. The van der Waals surface area contributed by atoms with Gasteiger partial charge in [0.15, 0.2) is 0 Å². The van der Waals surface area contributed by atoms with E-state index in [-0.39, 0.29) is 0 Å². The summed E-state index contributed by atoms with van der Waals surface area (Å²) in [5, 5.41) is 18.7. The van der Waals surface area contributed by atoms with Gasteiger partial charge in [-0.2, -0.15) is 16.9 Å². The van der Waals surface area contributed by atoms with Crippen LogP contribution >= 0.6 is 23.4 Å². The molecule has 2 heterocycles. The second-order valence-corrected chi connectivity index (χ2v) is 6.94. The van der Waals surface area contributed by atoms with Crippen molar-refractivity contribution in [1.29, 1.82) is 0 Å². The van der Waals surface area contributed by atoms with Gasteiger partial charge in [-0.15, -0.1) is 0 Å². The summed E-state index contributed by atoms with van der Waals surface area (Å²) in [5.74, 6) is 1.87. The molecule has 1 fully saturated rings. The van der Waals surface area contributed by atoms with Gasteiger partial charge in [-0.05, 0) is 36.4 Å². The van der Waals surface area contributed by atoms with Gasteiger partial charge in [-0.3, -0.25) is 0 Å². The summed E-state index contributed by atoms with van der Waals surface area (Å²) in [6.45, 7) is 1.34. The number of benzene rings is 1. The van der Waals surface area contributed by atoms with Crippen LogP contribution in [0, 0.1) is 0 Å². The van der Waals surface area contributed by atoms with Crippen molar-refractivity contribution < 1.29 is 5.11 Å². The molecule has 0 bridgehead atoms. The zero-order chi connectivity index (χ0) is 14.7. The molecule has 1 saturated heterocycles. The second-order valence-electron chi connectivity index (χ2n) is 5.40. The molecule has 3 rings (SSSR count). The van der Waals surface area contributed by atoms with Crippen molar-refractivity contribution in [2.75, 3.05) is 18.1 Å². The summed E-state index contributed by atoms with van der Waals surface area (Å²) >= 11 is 7.70. The van der Waals surface area contributed by atoms with Crippen LogP contribution in [0.15, 0.2) is 36.7 Å². The van der Waals surface area contributed by atoms with Crippen LogP contribution in [0.5, 0.6) is 0 Å². The van der Waals surface area contributed by atoms with Crippen molar-refractivity contribution in [3.8, 4) is 5.69 Å². The van der Waals surface area contributed by atoms with Gasteiger partial charge >= 0.3 is 0 Å². The summed E-state index contributed by atoms with van der Waals surface area (Å²) < 4.78 is 1.83. The van der Waals surface area contributed by atoms with Gasteiger partial charge in [0, 0.05) is 35.6 Å². The fourth-order valence-corrected chi connectivity index (χ4v) is 3.78. The largest absolute Gasteiger partial charge is 0.388 e. The van der Waals surface area contributed by atoms with Crippen molar-refractivity contribution in [3.05, 3.63) is 47.2 Å². The molecule has 1 unspecified atom stereocenters. The van der Waals surface area contributed by atoms with Gasteiger partial charge in [0.2, 0.25) is 0 Å². The normalized spacial score (nSPS) is 21.8. The number of thioether (sulfide) groups is 1. The molecule has 1 aliphatic heterocycles. The van der Waals surface area contributed by atoms with Crippen molar-refractivity contribution in [3.63, 3.8) is 0 Å². The predicted molar refractivity (Wildman–Crippen MR) is 87.2 cm³/mol. The van der Waals surface area contributed by atoms with E-state index in [0.29, 0.717) is 13.1 Å². The first-order valence-corrected chi connectivity index (χ1v) is 8.48. The highest BCUT2D eigenvalue weighted by Crippen LogP contribution is 2.27. The van der Waals surface area contributed by atoms with Crippen LogP contribution in [0.1, 0.15) is 12.0 Å². The number of rotatable bonds is 5. The van der Waals surface area contributed by atoms with Gasteiger partial charge in [0.1, 0.15) is 0 Å². The molecule has 0 amide bonds.